The van der Waals surface area contributed by atoms with Crippen molar-refractivity contribution in [1.29, 1.82) is 0 Å². The Morgan fingerprint density at radius 1 is 1.07 bits per heavy atom. The van der Waals surface area contributed by atoms with Gasteiger partial charge in [0.1, 0.15) is 12.7 Å². The molecule has 140 valence electrons. The fraction of sp³-hybridized carbons (Fsp3) is 0.348. The summed E-state index contributed by atoms with van der Waals surface area (Å²) in [4.78, 5) is 15.7. The predicted octanol–water partition coefficient (Wildman–Crippen LogP) is 3.22. The highest BCUT2D eigenvalue weighted by atomic mass is 16.6. The van der Waals surface area contributed by atoms with Gasteiger partial charge in [-0.3, -0.25) is 0 Å². The van der Waals surface area contributed by atoms with Crippen molar-refractivity contribution >= 4 is 5.97 Å². The number of esters is 1. The predicted molar refractivity (Wildman–Crippen MR) is 105 cm³/mol. The average Bonchev–Trinajstić information content (AvgIpc) is 2.72. The summed E-state index contributed by atoms with van der Waals surface area (Å²) in [6.07, 6.45) is 6.98. The molecule has 0 saturated carbocycles. The molecule has 0 bridgehead atoms. The van der Waals surface area contributed by atoms with Crippen LogP contribution in [-0.4, -0.2) is 43.7 Å². The summed E-state index contributed by atoms with van der Waals surface area (Å²) in [5.74, 6) is 2.08. The Balaban J connectivity index is 2.00. The number of hydrogen-bond acceptors (Lipinski definition) is 4. The molecular weight excluding hydrogens is 338 g/mol. The van der Waals surface area contributed by atoms with Crippen LogP contribution in [0, 0.1) is 12.3 Å². The highest BCUT2D eigenvalue weighted by molar-refractivity contribution is 5.86. The van der Waals surface area contributed by atoms with Gasteiger partial charge >= 0.3 is 5.97 Å². The monoisotopic (exact) mass is 363 g/mol. The van der Waals surface area contributed by atoms with Crippen molar-refractivity contribution in [1.82, 2.24) is 4.90 Å². The molecule has 0 radical (unpaired) electrons. The lowest BCUT2D eigenvalue weighted by Crippen LogP contribution is -2.45. The quantitative estimate of drug-likeness (QED) is 0.584. The van der Waals surface area contributed by atoms with Gasteiger partial charge in [-0.15, -0.1) is 6.42 Å². The van der Waals surface area contributed by atoms with E-state index in [0.29, 0.717) is 11.1 Å². The molecule has 1 aliphatic rings. The SMILES string of the molecule is C#CCOC(C(=O)OC1CCN(C)CC1)(c1ccccc1)c1ccccc1. The first-order valence-corrected chi connectivity index (χ1v) is 9.25. The zero-order valence-electron chi connectivity index (χ0n) is 15.6. The fourth-order valence-electron chi connectivity index (χ4n) is 3.46. The molecular formula is C23H25NO3. The highest BCUT2D eigenvalue weighted by Gasteiger charge is 2.46. The molecule has 4 nitrogen and oxygen atoms in total. The standard InChI is InChI=1S/C23H25NO3/c1-3-18-26-23(19-10-6-4-7-11-19,20-12-8-5-9-13-20)22(25)27-21-14-16-24(2)17-15-21/h1,4-13,21H,14-18H2,2H3. The van der Waals surface area contributed by atoms with Gasteiger partial charge in [0.05, 0.1) is 0 Å². The molecule has 3 rings (SSSR count). The molecule has 2 aromatic rings. The van der Waals surface area contributed by atoms with Crippen LogP contribution >= 0.6 is 0 Å². The van der Waals surface area contributed by atoms with Crippen LogP contribution in [0.1, 0.15) is 24.0 Å². The lowest BCUT2D eigenvalue weighted by Gasteiger charge is -2.35. The van der Waals surface area contributed by atoms with E-state index >= 15 is 0 Å². The molecule has 1 fully saturated rings. The van der Waals surface area contributed by atoms with Crippen LogP contribution in [0.4, 0.5) is 0 Å². The van der Waals surface area contributed by atoms with Crippen molar-refractivity contribution in [3.05, 3.63) is 71.8 Å². The van der Waals surface area contributed by atoms with Crippen LogP contribution < -0.4 is 0 Å². The van der Waals surface area contributed by atoms with Crippen molar-refractivity contribution in [2.24, 2.45) is 0 Å². The van der Waals surface area contributed by atoms with Crippen LogP contribution in [0.25, 0.3) is 0 Å². The van der Waals surface area contributed by atoms with E-state index in [9.17, 15) is 4.79 Å². The topological polar surface area (TPSA) is 38.8 Å². The number of benzene rings is 2. The maximum atomic E-state index is 13.5. The molecule has 0 aliphatic carbocycles. The molecule has 0 unspecified atom stereocenters. The molecule has 0 spiro atoms. The maximum Gasteiger partial charge on any atom is 0.348 e. The first-order valence-electron chi connectivity index (χ1n) is 9.25. The van der Waals surface area contributed by atoms with E-state index in [2.05, 4.69) is 17.9 Å². The summed E-state index contributed by atoms with van der Waals surface area (Å²) in [6.45, 7) is 1.83. The number of likely N-dealkylation sites (tertiary alicyclic amines) is 1. The Labute approximate surface area is 161 Å². The second kappa shape index (κ2) is 8.85. The van der Waals surface area contributed by atoms with Crippen molar-refractivity contribution in [3.63, 3.8) is 0 Å². The summed E-state index contributed by atoms with van der Waals surface area (Å²) < 4.78 is 12.0. The van der Waals surface area contributed by atoms with E-state index in [-0.39, 0.29) is 12.7 Å². The van der Waals surface area contributed by atoms with Gasteiger partial charge in [0.2, 0.25) is 5.60 Å². The Kier molecular flexibility index (Phi) is 6.28. The number of nitrogens with zero attached hydrogens (tertiary/aromatic N) is 1. The van der Waals surface area contributed by atoms with Crippen LogP contribution in [0.5, 0.6) is 0 Å². The van der Waals surface area contributed by atoms with E-state index < -0.39 is 11.6 Å². The largest absolute Gasteiger partial charge is 0.460 e. The average molecular weight is 363 g/mol. The molecule has 1 aliphatic heterocycles. The minimum Gasteiger partial charge on any atom is -0.460 e. The van der Waals surface area contributed by atoms with E-state index in [1.54, 1.807) is 0 Å². The fourth-order valence-corrected chi connectivity index (χ4v) is 3.46. The minimum atomic E-state index is -1.38. The second-order valence-corrected chi connectivity index (χ2v) is 6.81. The zero-order chi connectivity index (χ0) is 19.1. The maximum absolute atomic E-state index is 13.5. The van der Waals surface area contributed by atoms with Gasteiger partial charge in [0, 0.05) is 13.1 Å². The minimum absolute atomic E-state index is 0.00624. The Bertz CT molecular complexity index is 735. The van der Waals surface area contributed by atoms with Crippen LogP contribution in [0.3, 0.4) is 0 Å². The van der Waals surface area contributed by atoms with Gasteiger partial charge < -0.3 is 14.4 Å². The molecule has 1 saturated heterocycles. The van der Waals surface area contributed by atoms with Gasteiger partial charge in [-0.25, -0.2) is 4.79 Å². The lowest BCUT2D eigenvalue weighted by molar-refractivity contribution is -0.174. The molecule has 27 heavy (non-hydrogen) atoms. The Morgan fingerprint density at radius 3 is 2.07 bits per heavy atom. The number of rotatable bonds is 6. The summed E-state index contributed by atoms with van der Waals surface area (Å²) in [6, 6.07) is 18.8. The van der Waals surface area contributed by atoms with E-state index in [1.807, 2.05) is 60.7 Å². The molecule has 2 aromatic carbocycles. The van der Waals surface area contributed by atoms with Crippen LogP contribution in [0.15, 0.2) is 60.7 Å². The number of carbonyl (C=O) groups is 1. The number of terminal acetylenes is 1. The van der Waals surface area contributed by atoms with Crippen molar-refractivity contribution < 1.29 is 14.3 Å². The molecule has 0 atom stereocenters. The zero-order valence-corrected chi connectivity index (χ0v) is 15.6. The normalized spacial score (nSPS) is 15.9. The van der Waals surface area contributed by atoms with Crippen molar-refractivity contribution in [2.45, 2.75) is 24.5 Å². The third-order valence-corrected chi connectivity index (χ3v) is 4.96. The third-order valence-electron chi connectivity index (χ3n) is 4.96. The number of ether oxygens (including phenoxy) is 2. The number of piperidine rings is 1. The summed E-state index contributed by atoms with van der Waals surface area (Å²) in [5.41, 5.74) is 0.0480. The van der Waals surface area contributed by atoms with E-state index in [0.717, 1.165) is 25.9 Å². The Hall–Kier alpha value is -2.61. The van der Waals surface area contributed by atoms with Crippen molar-refractivity contribution in [3.8, 4) is 12.3 Å². The first kappa shape index (κ1) is 19.2. The molecule has 0 N–H and O–H groups in total. The molecule has 4 heteroatoms. The van der Waals surface area contributed by atoms with Gasteiger partial charge in [0.15, 0.2) is 0 Å². The van der Waals surface area contributed by atoms with Crippen LogP contribution in [-0.2, 0) is 19.9 Å². The van der Waals surface area contributed by atoms with Crippen molar-refractivity contribution in [2.75, 3.05) is 26.7 Å². The summed E-state index contributed by atoms with van der Waals surface area (Å²) in [7, 11) is 2.08. The molecule has 1 heterocycles. The molecule has 0 aromatic heterocycles. The summed E-state index contributed by atoms with van der Waals surface area (Å²) >= 11 is 0. The summed E-state index contributed by atoms with van der Waals surface area (Å²) in [5, 5.41) is 0. The number of hydrogen-bond donors (Lipinski definition) is 0. The first-order chi connectivity index (χ1) is 13.2. The Morgan fingerprint density at radius 2 is 1.59 bits per heavy atom. The second-order valence-electron chi connectivity index (χ2n) is 6.81. The molecule has 0 amide bonds. The van der Waals surface area contributed by atoms with E-state index in [1.165, 1.54) is 0 Å². The van der Waals surface area contributed by atoms with Gasteiger partial charge in [-0.1, -0.05) is 66.6 Å². The smallest absolute Gasteiger partial charge is 0.348 e. The van der Waals surface area contributed by atoms with Crippen LogP contribution in [0.2, 0.25) is 0 Å². The third kappa shape index (κ3) is 4.21. The van der Waals surface area contributed by atoms with E-state index in [4.69, 9.17) is 15.9 Å². The van der Waals surface area contributed by atoms with Gasteiger partial charge in [-0.2, -0.15) is 0 Å². The van der Waals surface area contributed by atoms with Gasteiger partial charge in [0.25, 0.3) is 0 Å². The lowest BCUT2D eigenvalue weighted by atomic mass is 9.85. The van der Waals surface area contributed by atoms with Gasteiger partial charge in [-0.05, 0) is 31.0 Å². The number of carbonyl (C=O) groups excluding carboxylic acids is 1. The highest BCUT2D eigenvalue weighted by Crippen LogP contribution is 2.36.